The molecule has 0 fully saturated rings. The maximum atomic E-state index is 12.8. The zero-order valence-corrected chi connectivity index (χ0v) is 14.2. The van der Waals surface area contributed by atoms with Crippen LogP contribution in [0.2, 0.25) is 0 Å². The summed E-state index contributed by atoms with van der Waals surface area (Å²) < 4.78 is 0. The molecule has 0 saturated heterocycles. The van der Waals surface area contributed by atoms with Crippen molar-refractivity contribution in [3.63, 3.8) is 0 Å². The smallest absolute Gasteiger partial charge is 0.267 e. The topological polar surface area (TPSA) is 75.8 Å². The van der Waals surface area contributed by atoms with Crippen molar-refractivity contribution in [2.75, 3.05) is 5.01 Å². The number of para-hydroxylation sites is 1. The second kappa shape index (κ2) is 6.32. The number of nitro benzene ring substituents is 1. The van der Waals surface area contributed by atoms with Gasteiger partial charge in [0.05, 0.1) is 27.5 Å². The zero-order valence-electron chi connectivity index (χ0n) is 14.2. The molecule has 0 bridgehead atoms. The fourth-order valence-corrected chi connectivity index (χ4v) is 2.65. The lowest BCUT2D eigenvalue weighted by atomic mass is 10.1. The molecule has 6 heteroatoms. The average molecular weight is 335 g/mol. The Morgan fingerprint density at radius 1 is 1.08 bits per heavy atom. The number of hydrogen-bond donors (Lipinski definition) is 0. The number of anilines is 1. The van der Waals surface area contributed by atoms with Crippen LogP contribution in [0.15, 0.2) is 53.1 Å². The summed E-state index contributed by atoms with van der Waals surface area (Å²) in [6.45, 7) is 5.69. The van der Waals surface area contributed by atoms with Crippen LogP contribution in [-0.4, -0.2) is 16.5 Å². The van der Waals surface area contributed by atoms with Crippen molar-refractivity contribution in [1.82, 2.24) is 0 Å². The summed E-state index contributed by atoms with van der Waals surface area (Å²) >= 11 is 0. The molecule has 0 spiro atoms. The Morgan fingerprint density at radius 3 is 2.48 bits per heavy atom. The third kappa shape index (κ3) is 3.06. The van der Waals surface area contributed by atoms with E-state index >= 15 is 0 Å². The molecule has 2 aromatic carbocycles. The number of amides is 1. The Labute approximate surface area is 145 Å². The average Bonchev–Trinajstić information content (AvgIpc) is 2.86. The first-order chi connectivity index (χ1) is 11.9. The Kier molecular flexibility index (Phi) is 4.19. The third-order valence-electron chi connectivity index (χ3n) is 4.23. The van der Waals surface area contributed by atoms with Crippen molar-refractivity contribution in [2.24, 2.45) is 5.10 Å². The fraction of sp³-hybridized carbons (Fsp3) is 0.158. The van der Waals surface area contributed by atoms with Crippen LogP contribution >= 0.6 is 0 Å². The number of carbonyl (C=O) groups excluding carboxylic acids is 1. The number of nitro groups is 1. The van der Waals surface area contributed by atoms with Crippen molar-refractivity contribution in [3.05, 3.63) is 74.8 Å². The molecule has 2 aromatic rings. The molecule has 25 heavy (non-hydrogen) atoms. The molecule has 0 N–H and O–H groups in total. The van der Waals surface area contributed by atoms with Crippen LogP contribution in [-0.2, 0) is 4.79 Å². The van der Waals surface area contributed by atoms with Crippen LogP contribution in [0.5, 0.6) is 0 Å². The van der Waals surface area contributed by atoms with Crippen LogP contribution in [0, 0.1) is 24.0 Å². The fourth-order valence-electron chi connectivity index (χ4n) is 2.65. The molecule has 1 heterocycles. The first-order valence-electron chi connectivity index (χ1n) is 7.81. The molecule has 0 aromatic heterocycles. The molecule has 0 aliphatic carbocycles. The minimum atomic E-state index is -0.459. The predicted octanol–water partition coefficient (Wildman–Crippen LogP) is 4.02. The number of aryl methyl sites for hydroxylation is 2. The molecule has 1 amide bonds. The maximum absolute atomic E-state index is 12.8. The Hall–Kier alpha value is -3.28. The van der Waals surface area contributed by atoms with Crippen molar-refractivity contribution in [1.29, 1.82) is 0 Å². The number of hydrazone groups is 1. The quantitative estimate of drug-likeness (QED) is 0.483. The van der Waals surface area contributed by atoms with Gasteiger partial charge in [0.25, 0.3) is 11.6 Å². The highest BCUT2D eigenvalue weighted by Gasteiger charge is 2.29. The van der Waals surface area contributed by atoms with E-state index in [1.165, 1.54) is 17.2 Å². The monoisotopic (exact) mass is 335 g/mol. The van der Waals surface area contributed by atoms with Crippen molar-refractivity contribution < 1.29 is 9.72 Å². The molecular weight excluding hydrogens is 318 g/mol. The van der Waals surface area contributed by atoms with E-state index in [0.29, 0.717) is 22.5 Å². The highest BCUT2D eigenvalue weighted by Crippen LogP contribution is 2.28. The second-order valence-electron chi connectivity index (χ2n) is 5.94. The lowest BCUT2D eigenvalue weighted by Crippen LogP contribution is -2.21. The van der Waals surface area contributed by atoms with Crippen LogP contribution < -0.4 is 5.01 Å². The minimum Gasteiger partial charge on any atom is -0.267 e. The van der Waals surface area contributed by atoms with Gasteiger partial charge in [0.1, 0.15) is 0 Å². The Balaban J connectivity index is 2.01. The van der Waals surface area contributed by atoms with Crippen LogP contribution in [0.25, 0.3) is 6.08 Å². The number of hydrogen-bond acceptors (Lipinski definition) is 4. The lowest BCUT2D eigenvalue weighted by molar-refractivity contribution is -0.385. The largest absolute Gasteiger partial charge is 0.280 e. The van der Waals surface area contributed by atoms with Gasteiger partial charge in [0.2, 0.25) is 0 Å². The molecule has 1 aliphatic heterocycles. The molecular formula is C19H17N3O3. The van der Waals surface area contributed by atoms with E-state index in [-0.39, 0.29) is 11.6 Å². The summed E-state index contributed by atoms with van der Waals surface area (Å²) in [7, 11) is 0. The van der Waals surface area contributed by atoms with Gasteiger partial charge in [-0.15, -0.1) is 0 Å². The van der Waals surface area contributed by atoms with E-state index in [2.05, 4.69) is 5.10 Å². The SMILES string of the molecule is CC1=NN(c2ccc(C)c(C)c2)C(=O)/C1=C/c1ccccc1[N+](=O)[O-]. The van der Waals surface area contributed by atoms with Crippen molar-refractivity contribution >= 4 is 29.1 Å². The minimum absolute atomic E-state index is 0.0415. The molecule has 0 radical (unpaired) electrons. The summed E-state index contributed by atoms with van der Waals surface area (Å²) in [5, 5.41) is 16.8. The second-order valence-corrected chi connectivity index (χ2v) is 5.94. The molecule has 3 rings (SSSR count). The zero-order chi connectivity index (χ0) is 18.1. The molecule has 6 nitrogen and oxygen atoms in total. The van der Waals surface area contributed by atoms with Gasteiger partial charge >= 0.3 is 0 Å². The number of benzene rings is 2. The van der Waals surface area contributed by atoms with Crippen molar-refractivity contribution in [3.8, 4) is 0 Å². The van der Waals surface area contributed by atoms with Gasteiger partial charge in [-0.3, -0.25) is 14.9 Å². The first kappa shape index (κ1) is 16.6. The molecule has 126 valence electrons. The van der Waals surface area contributed by atoms with Gasteiger partial charge in [-0.25, -0.2) is 0 Å². The summed E-state index contributed by atoms with van der Waals surface area (Å²) in [5.41, 5.74) is 4.10. The van der Waals surface area contributed by atoms with Crippen molar-refractivity contribution in [2.45, 2.75) is 20.8 Å². The van der Waals surface area contributed by atoms with Crippen LogP contribution in [0.3, 0.4) is 0 Å². The van der Waals surface area contributed by atoms with Gasteiger partial charge in [-0.05, 0) is 56.2 Å². The highest BCUT2D eigenvalue weighted by molar-refractivity contribution is 6.32. The Morgan fingerprint density at radius 2 is 1.80 bits per heavy atom. The van der Waals surface area contributed by atoms with Crippen LogP contribution in [0.4, 0.5) is 11.4 Å². The molecule has 1 aliphatic rings. The summed E-state index contributed by atoms with van der Waals surface area (Å²) in [6, 6.07) is 12.0. The van der Waals surface area contributed by atoms with E-state index in [1.54, 1.807) is 25.1 Å². The van der Waals surface area contributed by atoms with E-state index in [1.807, 2.05) is 32.0 Å². The summed E-state index contributed by atoms with van der Waals surface area (Å²) in [5.74, 6) is -0.293. The normalized spacial score (nSPS) is 15.6. The maximum Gasteiger partial charge on any atom is 0.280 e. The first-order valence-corrected chi connectivity index (χ1v) is 7.81. The number of nitrogens with zero attached hydrogens (tertiary/aromatic N) is 3. The summed E-state index contributed by atoms with van der Waals surface area (Å²) in [4.78, 5) is 23.5. The van der Waals surface area contributed by atoms with Gasteiger partial charge in [-0.2, -0.15) is 10.1 Å². The van der Waals surface area contributed by atoms with E-state index < -0.39 is 4.92 Å². The highest BCUT2D eigenvalue weighted by atomic mass is 16.6. The third-order valence-corrected chi connectivity index (χ3v) is 4.23. The summed E-state index contributed by atoms with van der Waals surface area (Å²) in [6.07, 6.45) is 1.53. The Bertz CT molecular complexity index is 945. The van der Waals surface area contributed by atoms with E-state index in [4.69, 9.17) is 0 Å². The van der Waals surface area contributed by atoms with E-state index in [9.17, 15) is 14.9 Å². The standard InChI is InChI=1S/C19H17N3O3/c1-12-8-9-16(10-13(12)2)21-19(23)17(14(3)20-21)11-15-6-4-5-7-18(15)22(24)25/h4-11H,1-3H3/b17-11+. The molecule has 0 atom stereocenters. The number of rotatable bonds is 3. The number of carbonyl (C=O) groups is 1. The predicted molar refractivity (Wildman–Crippen MR) is 97.6 cm³/mol. The van der Waals surface area contributed by atoms with Gasteiger partial charge < -0.3 is 0 Å². The van der Waals surface area contributed by atoms with Gasteiger partial charge in [0, 0.05) is 6.07 Å². The molecule has 0 saturated carbocycles. The molecule has 0 unspecified atom stereocenters. The van der Waals surface area contributed by atoms with Gasteiger partial charge in [-0.1, -0.05) is 18.2 Å². The van der Waals surface area contributed by atoms with E-state index in [0.717, 1.165) is 11.1 Å². The van der Waals surface area contributed by atoms with Gasteiger partial charge in [0.15, 0.2) is 0 Å². The lowest BCUT2D eigenvalue weighted by Gasteiger charge is -2.13. The van der Waals surface area contributed by atoms with Crippen LogP contribution in [0.1, 0.15) is 23.6 Å².